The maximum absolute atomic E-state index is 11.5. The smallest absolute Gasteiger partial charge is 0.333 e. The Labute approximate surface area is 169 Å². The van der Waals surface area contributed by atoms with Crippen LogP contribution < -0.4 is 0 Å². The van der Waals surface area contributed by atoms with Crippen molar-refractivity contribution in [2.45, 2.75) is 45.3 Å². The highest BCUT2D eigenvalue weighted by Gasteiger charge is 2.15. The van der Waals surface area contributed by atoms with Gasteiger partial charge >= 0.3 is 23.9 Å². The van der Waals surface area contributed by atoms with E-state index in [4.69, 9.17) is 18.9 Å². The third-order valence-corrected chi connectivity index (χ3v) is 3.19. The molecule has 0 saturated carbocycles. The first-order valence-corrected chi connectivity index (χ1v) is 8.85. The molecule has 0 aromatic carbocycles. The van der Waals surface area contributed by atoms with Gasteiger partial charge in [0, 0.05) is 17.6 Å². The summed E-state index contributed by atoms with van der Waals surface area (Å²) in [6, 6.07) is 0. The van der Waals surface area contributed by atoms with Crippen LogP contribution in [0.4, 0.5) is 0 Å². The zero-order valence-electron chi connectivity index (χ0n) is 16.7. The Morgan fingerprint density at radius 3 is 1.62 bits per heavy atom. The predicted octanol–water partition coefficient (Wildman–Crippen LogP) is 0.203. The molecule has 0 aliphatic rings. The number of esters is 4. The first-order valence-electron chi connectivity index (χ1n) is 8.85. The highest BCUT2D eigenvalue weighted by molar-refractivity contribution is 5.87. The quantitative estimate of drug-likeness (QED) is 0.229. The molecule has 29 heavy (non-hydrogen) atoms. The van der Waals surface area contributed by atoms with Crippen molar-refractivity contribution in [2.75, 3.05) is 26.4 Å². The molecule has 0 spiro atoms. The van der Waals surface area contributed by atoms with Crippen molar-refractivity contribution in [3.63, 3.8) is 0 Å². The first-order chi connectivity index (χ1) is 13.5. The van der Waals surface area contributed by atoms with Gasteiger partial charge in [-0.05, 0) is 13.8 Å². The van der Waals surface area contributed by atoms with Crippen molar-refractivity contribution in [2.24, 2.45) is 0 Å². The molecule has 2 atom stereocenters. The number of rotatable bonds is 14. The molecule has 0 amide bonds. The van der Waals surface area contributed by atoms with E-state index in [-0.39, 0.29) is 50.2 Å². The van der Waals surface area contributed by atoms with Gasteiger partial charge in [0.2, 0.25) is 0 Å². The monoisotopic (exact) mass is 416 g/mol. The van der Waals surface area contributed by atoms with Crippen LogP contribution in [0.1, 0.15) is 33.1 Å². The molecule has 0 saturated heterocycles. The lowest BCUT2D eigenvalue weighted by Gasteiger charge is -2.13. The summed E-state index contributed by atoms with van der Waals surface area (Å²) in [4.78, 5) is 45.4. The number of aliphatic hydroxyl groups is 2. The van der Waals surface area contributed by atoms with E-state index in [0.29, 0.717) is 0 Å². The van der Waals surface area contributed by atoms with Crippen molar-refractivity contribution in [1.82, 2.24) is 0 Å². The Kier molecular flexibility index (Phi) is 13.0. The van der Waals surface area contributed by atoms with Crippen molar-refractivity contribution >= 4 is 23.9 Å². The number of carbonyl (C=O) groups is 4. The summed E-state index contributed by atoms with van der Waals surface area (Å²) in [5, 5.41) is 19.2. The summed E-state index contributed by atoms with van der Waals surface area (Å²) in [7, 11) is 0. The van der Waals surface area contributed by atoms with Crippen LogP contribution in [0.25, 0.3) is 0 Å². The number of carbonyl (C=O) groups excluding carboxylic acids is 4. The standard InChI is InChI=1S/C19H28O10/c1-12(2)18(24)26-8-7-14(20)9-27-16(22)5-6-17(23)28-10-15(21)11-29-19(25)13(3)4/h14-15,20-21H,1,3,5-11H2,2,4H3. The highest BCUT2D eigenvalue weighted by Crippen LogP contribution is 2.02. The van der Waals surface area contributed by atoms with Crippen LogP contribution in [0.15, 0.2) is 24.3 Å². The summed E-state index contributed by atoms with van der Waals surface area (Å²) >= 11 is 0. The SMILES string of the molecule is C=C(C)C(=O)OCCC(O)COC(=O)CCC(=O)OCC(O)COC(=O)C(=C)C. The summed E-state index contributed by atoms with van der Waals surface area (Å²) in [5.41, 5.74) is 0.406. The summed E-state index contributed by atoms with van der Waals surface area (Å²) < 4.78 is 19.0. The maximum Gasteiger partial charge on any atom is 0.333 e. The van der Waals surface area contributed by atoms with Gasteiger partial charge in [0.1, 0.15) is 25.9 Å². The Morgan fingerprint density at radius 2 is 1.14 bits per heavy atom. The number of ether oxygens (including phenoxy) is 4. The van der Waals surface area contributed by atoms with E-state index in [2.05, 4.69) is 13.2 Å². The van der Waals surface area contributed by atoms with Gasteiger partial charge in [0.15, 0.2) is 0 Å². The fraction of sp³-hybridized carbons (Fsp3) is 0.579. The lowest BCUT2D eigenvalue weighted by Crippen LogP contribution is -2.26. The van der Waals surface area contributed by atoms with E-state index >= 15 is 0 Å². The van der Waals surface area contributed by atoms with Gasteiger partial charge in [-0.25, -0.2) is 9.59 Å². The van der Waals surface area contributed by atoms with E-state index in [1.54, 1.807) is 0 Å². The average Bonchev–Trinajstić information content (AvgIpc) is 2.66. The van der Waals surface area contributed by atoms with Gasteiger partial charge in [-0.15, -0.1) is 0 Å². The Hall–Kier alpha value is -2.72. The van der Waals surface area contributed by atoms with Gasteiger partial charge in [-0.3, -0.25) is 9.59 Å². The molecule has 2 N–H and O–H groups in total. The van der Waals surface area contributed by atoms with Crippen LogP contribution in [-0.2, 0) is 38.1 Å². The number of aliphatic hydroxyl groups excluding tert-OH is 2. The van der Waals surface area contributed by atoms with E-state index in [1.165, 1.54) is 13.8 Å². The van der Waals surface area contributed by atoms with E-state index in [1.807, 2.05) is 0 Å². The van der Waals surface area contributed by atoms with Crippen molar-refractivity contribution in [3.8, 4) is 0 Å². The minimum atomic E-state index is -1.21. The second-order valence-corrected chi connectivity index (χ2v) is 6.26. The fourth-order valence-electron chi connectivity index (χ4n) is 1.56. The molecule has 0 aliphatic carbocycles. The summed E-state index contributed by atoms with van der Waals surface area (Å²) in [6.07, 6.45) is -2.73. The Balaban J connectivity index is 3.86. The zero-order valence-corrected chi connectivity index (χ0v) is 16.7. The molecule has 0 bridgehead atoms. The summed E-state index contributed by atoms with van der Waals surface area (Å²) in [6.45, 7) is 8.60. The highest BCUT2D eigenvalue weighted by atomic mass is 16.6. The molecular weight excluding hydrogens is 388 g/mol. The van der Waals surface area contributed by atoms with Crippen LogP contribution in [0, 0.1) is 0 Å². The topological polar surface area (TPSA) is 146 Å². The first kappa shape index (κ1) is 26.3. The van der Waals surface area contributed by atoms with E-state index in [0.717, 1.165) is 0 Å². The van der Waals surface area contributed by atoms with Crippen LogP contribution in [-0.4, -0.2) is 72.7 Å². The van der Waals surface area contributed by atoms with Gasteiger partial charge in [0.25, 0.3) is 0 Å². The molecule has 0 radical (unpaired) electrons. The van der Waals surface area contributed by atoms with Gasteiger partial charge in [-0.2, -0.15) is 0 Å². The molecule has 2 unspecified atom stereocenters. The predicted molar refractivity (Wildman–Crippen MR) is 99.3 cm³/mol. The largest absolute Gasteiger partial charge is 0.463 e. The van der Waals surface area contributed by atoms with Crippen molar-refractivity contribution in [3.05, 3.63) is 24.3 Å². The Bertz CT molecular complexity index is 610. The third-order valence-electron chi connectivity index (χ3n) is 3.19. The van der Waals surface area contributed by atoms with Gasteiger partial charge in [0.05, 0.1) is 25.6 Å². The molecule has 10 nitrogen and oxygen atoms in total. The lowest BCUT2D eigenvalue weighted by atomic mass is 10.3. The molecule has 164 valence electrons. The van der Waals surface area contributed by atoms with Crippen LogP contribution in [0.2, 0.25) is 0 Å². The number of hydrogen-bond acceptors (Lipinski definition) is 10. The van der Waals surface area contributed by atoms with Crippen LogP contribution >= 0.6 is 0 Å². The minimum absolute atomic E-state index is 0.0548. The van der Waals surface area contributed by atoms with Crippen molar-refractivity contribution in [1.29, 1.82) is 0 Å². The maximum atomic E-state index is 11.5. The third kappa shape index (κ3) is 14.0. The molecule has 0 heterocycles. The minimum Gasteiger partial charge on any atom is -0.463 e. The lowest BCUT2D eigenvalue weighted by molar-refractivity contribution is -0.155. The molecule has 0 aromatic heterocycles. The second kappa shape index (κ2) is 14.3. The molecule has 0 aromatic rings. The van der Waals surface area contributed by atoms with E-state index in [9.17, 15) is 29.4 Å². The normalized spacial score (nSPS) is 12.3. The van der Waals surface area contributed by atoms with Crippen LogP contribution in [0.5, 0.6) is 0 Å². The fourth-order valence-corrected chi connectivity index (χ4v) is 1.56. The molecule has 0 fully saturated rings. The van der Waals surface area contributed by atoms with Crippen LogP contribution in [0.3, 0.4) is 0 Å². The van der Waals surface area contributed by atoms with Gasteiger partial charge < -0.3 is 29.2 Å². The molecule has 0 rings (SSSR count). The number of hydrogen-bond donors (Lipinski definition) is 2. The Morgan fingerprint density at radius 1 is 0.724 bits per heavy atom. The molecule has 10 heteroatoms. The molecular formula is C19H28O10. The zero-order chi connectivity index (χ0) is 22.4. The molecule has 0 aliphatic heterocycles. The average molecular weight is 416 g/mol. The van der Waals surface area contributed by atoms with Gasteiger partial charge in [-0.1, -0.05) is 13.2 Å². The summed E-state index contributed by atoms with van der Waals surface area (Å²) in [5.74, 6) is -2.73. The van der Waals surface area contributed by atoms with E-state index < -0.39 is 42.7 Å². The van der Waals surface area contributed by atoms with Crippen molar-refractivity contribution < 1.29 is 48.3 Å². The second-order valence-electron chi connectivity index (χ2n) is 6.26.